The Labute approximate surface area is 123 Å². The number of anilines is 1. The van der Waals surface area contributed by atoms with Gasteiger partial charge in [-0.2, -0.15) is 0 Å². The van der Waals surface area contributed by atoms with Crippen molar-refractivity contribution in [2.45, 2.75) is 44.2 Å². The predicted molar refractivity (Wildman–Crippen MR) is 72.7 cm³/mol. The number of rotatable bonds is 3. The van der Waals surface area contributed by atoms with Crippen LogP contribution in [0.5, 0.6) is 5.75 Å². The summed E-state index contributed by atoms with van der Waals surface area (Å²) in [6.45, 7) is 0. The molecule has 1 aliphatic carbocycles. The van der Waals surface area contributed by atoms with E-state index >= 15 is 0 Å². The summed E-state index contributed by atoms with van der Waals surface area (Å²) in [5.74, 6) is -0.262. The molecule has 0 heterocycles. The third-order valence-electron chi connectivity index (χ3n) is 3.23. The molecule has 0 amide bonds. The number of hydrogen-bond acceptors (Lipinski definition) is 3. The molecule has 0 bridgehead atoms. The maximum atomic E-state index is 12.1. The Hall–Kier alpha value is -0.950. The second-order valence-electron chi connectivity index (χ2n) is 4.84. The summed E-state index contributed by atoms with van der Waals surface area (Å²) >= 11 is 3.07. The highest BCUT2D eigenvalue weighted by Gasteiger charge is 2.32. The fourth-order valence-corrected chi connectivity index (χ4v) is 2.71. The zero-order valence-corrected chi connectivity index (χ0v) is 12.2. The SMILES string of the molecule is OC1CCC(Nc2ccc(OC(F)(F)F)c(Br)c2)CC1. The van der Waals surface area contributed by atoms with Crippen molar-refractivity contribution in [1.29, 1.82) is 0 Å². The summed E-state index contributed by atoms with van der Waals surface area (Å²) in [4.78, 5) is 0. The van der Waals surface area contributed by atoms with Crippen molar-refractivity contribution in [1.82, 2.24) is 0 Å². The summed E-state index contributed by atoms with van der Waals surface area (Å²) < 4.78 is 40.6. The average Bonchev–Trinajstić information content (AvgIpc) is 2.34. The zero-order chi connectivity index (χ0) is 14.8. The van der Waals surface area contributed by atoms with Gasteiger partial charge >= 0.3 is 6.36 Å². The Balaban J connectivity index is 1.98. The molecule has 0 atom stereocenters. The molecule has 0 spiro atoms. The second kappa shape index (κ2) is 6.22. The van der Waals surface area contributed by atoms with E-state index in [-0.39, 0.29) is 22.4 Å². The van der Waals surface area contributed by atoms with Gasteiger partial charge in [-0.25, -0.2) is 0 Å². The first kappa shape index (κ1) is 15.4. The molecule has 0 unspecified atom stereocenters. The Morgan fingerprint density at radius 3 is 2.40 bits per heavy atom. The van der Waals surface area contributed by atoms with Crippen molar-refractivity contribution in [3.63, 3.8) is 0 Å². The molecule has 20 heavy (non-hydrogen) atoms. The molecular weight excluding hydrogens is 339 g/mol. The molecule has 7 heteroatoms. The van der Waals surface area contributed by atoms with Crippen LogP contribution in [0, 0.1) is 0 Å². The minimum atomic E-state index is -4.70. The molecule has 3 nitrogen and oxygen atoms in total. The molecule has 0 aromatic heterocycles. The lowest BCUT2D eigenvalue weighted by atomic mass is 9.93. The first-order chi connectivity index (χ1) is 9.33. The van der Waals surface area contributed by atoms with Crippen molar-refractivity contribution in [2.75, 3.05) is 5.32 Å². The molecule has 2 N–H and O–H groups in total. The van der Waals surface area contributed by atoms with E-state index < -0.39 is 6.36 Å². The van der Waals surface area contributed by atoms with Crippen LogP contribution >= 0.6 is 15.9 Å². The highest BCUT2D eigenvalue weighted by Crippen LogP contribution is 2.33. The normalized spacial score (nSPS) is 23.4. The van der Waals surface area contributed by atoms with Crippen LogP contribution in [-0.2, 0) is 0 Å². The van der Waals surface area contributed by atoms with Gasteiger partial charge in [-0.05, 0) is 59.8 Å². The van der Waals surface area contributed by atoms with Gasteiger partial charge in [-0.1, -0.05) is 0 Å². The molecule has 0 saturated heterocycles. The molecule has 1 aliphatic rings. The molecular formula is C13H15BrF3NO2. The van der Waals surface area contributed by atoms with Crippen molar-refractivity contribution >= 4 is 21.6 Å². The zero-order valence-electron chi connectivity index (χ0n) is 10.6. The van der Waals surface area contributed by atoms with Crippen molar-refractivity contribution < 1.29 is 23.0 Å². The first-order valence-corrected chi connectivity index (χ1v) is 7.13. The molecule has 2 rings (SSSR count). The maximum absolute atomic E-state index is 12.1. The van der Waals surface area contributed by atoms with Gasteiger partial charge in [-0.3, -0.25) is 0 Å². The third-order valence-corrected chi connectivity index (χ3v) is 3.84. The quantitative estimate of drug-likeness (QED) is 0.860. The first-order valence-electron chi connectivity index (χ1n) is 6.33. The van der Waals surface area contributed by atoms with Gasteiger partial charge in [-0.15, -0.1) is 13.2 Å². The Kier molecular flexibility index (Phi) is 4.80. The summed E-state index contributed by atoms with van der Waals surface area (Å²) in [5.41, 5.74) is 0.729. The lowest BCUT2D eigenvalue weighted by Crippen LogP contribution is -2.28. The fourth-order valence-electron chi connectivity index (χ4n) is 2.25. The summed E-state index contributed by atoms with van der Waals surface area (Å²) in [7, 11) is 0. The molecule has 0 aliphatic heterocycles. The van der Waals surface area contributed by atoms with E-state index in [2.05, 4.69) is 26.0 Å². The van der Waals surface area contributed by atoms with Gasteiger partial charge in [0.2, 0.25) is 0 Å². The summed E-state index contributed by atoms with van der Waals surface area (Å²) in [6, 6.07) is 4.63. The predicted octanol–water partition coefficient (Wildman–Crippen LogP) is 4.06. The van der Waals surface area contributed by atoms with Gasteiger partial charge in [0.1, 0.15) is 5.75 Å². The van der Waals surface area contributed by atoms with E-state index in [0.717, 1.165) is 31.4 Å². The van der Waals surface area contributed by atoms with Gasteiger partial charge in [0.15, 0.2) is 0 Å². The van der Waals surface area contributed by atoms with E-state index in [1.807, 2.05) is 0 Å². The fraction of sp³-hybridized carbons (Fsp3) is 0.538. The standard InChI is InChI=1S/C13H15BrF3NO2/c14-11-7-9(3-6-12(11)20-13(15,16)17)18-8-1-4-10(19)5-2-8/h3,6-8,10,18-19H,1-2,4-5H2. The highest BCUT2D eigenvalue weighted by atomic mass is 79.9. The van der Waals surface area contributed by atoms with Gasteiger partial charge in [0, 0.05) is 11.7 Å². The number of halogens is 4. The number of hydrogen-bond donors (Lipinski definition) is 2. The van der Waals surface area contributed by atoms with Gasteiger partial charge < -0.3 is 15.2 Å². The van der Waals surface area contributed by atoms with Crippen LogP contribution in [0.2, 0.25) is 0 Å². The van der Waals surface area contributed by atoms with E-state index in [1.165, 1.54) is 6.07 Å². The Morgan fingerprint density at radius 1 is 1.20 bits per heavy atom. The van der Waals surface area contributed by atoms with Crippen LogP contribution in [0.15, 0.2) is 22.7 Å². The van der Waals surface area contributed by atoms with Crippen molar-refractivity contribution in [3.05, 3.63) is 22.7 Å². The summed E-state index contributed by atoms with van der Waals surface area (Å²) in [6.07, 6.45) is -1.75. The second-order valence-corrected chi connectivity index (χ2v) is 5.70. The van der Waals surface area contributed by atoms with Gasteiger partial charge in [0.05, 0.1) is 10.6 Å². The number of benzene rings is 1. The minimum Gasteiger partial charge on any atom is -0.405 e. The lowest BCUT2D eigenvalue weighted by molar-refractivity contribution is -0.274. The number of aliphatic hydroxyl groups is 1. The van der Waals surface area contributed by atoms with Crippen LogP contribution in [0.1, 0.15) is 25.7 Å². The lowest BCUT2D eigenvalue weighted by Gasteiger charge is -2.27. The number of aliphatic hydroxyl groups excluding tert-OH is 1. The molecule has 1 fully saturated rings. The largest absolute Gasteiger partial charge is 0.573 e. The topological polar surface area (TPSA) is 41.5 Å². The van der Waals surface area contributed by atoms with E-state index in [1.54, 1.807) is 12.1 Å². The average molecular weight is 354 g/mol. The van der Waals surface area contributed by atoms with Crippen LogP contribution in [0.4, 0.5) is 18.9 Å². The van der Waals surface area contributed by atoms with Crippen LogP contribution in [0.25, 0.3) is 0 Å². The van der Waals surface area contributed by atoms with E-state index in [9.17, 15) is 18.3 Å². The van der Waals surface area contributed by atoms with Crippen LogP contribution in [-0.4, -0.2) is 23.6 Å². The Morgan fingerprint density at radius 2 is 1.85 bits per heavy atom. The van der Waals surface area contributed by atoms with Crippen molar-refractivity contribution in [3.8, 4) is 5.75 Å². The monoisotopic (exact) mass is 353 g/mol. The highest BCUT2D eigenvalue weighted by molar-refractivity contribution is 9.10. The van der Waals surface area contributed by atoms with Crippen LogP contribution < -0.4 is 10.1 Å². The minimum absolute atomic E-state index is 0.234. The van der Waals surface area contributed by atoms with Crippen molar-refractivity contribution in [2.24, 2.45) is 0 Å². The number of alkyl halides is 3. The van der Waals surface area contributed by atoms with Crippen LogP contribution in [0.3, 0.4) is 0 Å². The van der Waals surface area contributed by atoms with E-state index in [0.29, 0.717) is 0 Å². The molecule has 112 valence electrons. The third kappa shape index (κ3) is 4.56. The number of nitrogens with one attached hydrogen (secondary N) is 1. The number of ether oxygens (including phenoxy) is 1. The molecule has 1 aromatic rings. The smallest absolute Gasteiger partial charge is 0.405 e. The van der Waals surface area contributed by atoms with Gasteiger partial charge in [0.25, 0.3) is 0 Å². The van der Waals surface area contributed by atoms with E-state index in [4.69, 9.17) is 0 Å². The Bertz CT molecular complexity index is 459. The molecule has 1 saturated carbocycles. The molecule has 1 aromatic carbocycles. The maximum Gasteiger partial charge on any atom is 0.573 e. The summed E-state index contributed by atoms with van der Waals surface area (Å²) in [5, 5.41) is 12.7. The molecule has 0 radical (unpaired) electrons.